The number of methoxy groups -OCH3 is 2. The van der Waals surface area contributed by atoms with Gasteiger partial charge in [-0.05, 0) is 11.1 Å². The lowest BCUT2D eigenvalue weighted by molar-refractivity contribution is -0.140. The fourth-order valence-corrected chi connectivity index (χ4v) is 3.77. The fourth-order valence-electron chi connectivity index (χ4n) is 3.77. The third-order valence-corrected chi connectivity index (χ3v) is 4.61. The Balaban J connectivity index is 1.97. The number of epoxide rings is 1. The number of benzene rings is 1. The zero-order valence-corrected chi connectivity index (χ0v) is 11.7. The number of rotatable bonds is 2. The predicted octanol–water partition coefficient (Wildman–Crippen LogP) is 1.29. The summed E-state index contributed by atoms with van der Waals surface area (Å²) >= 11 is 0. The first-order chi connectivity index (χ1) is 10.2. The van der Waals surface area contributed by atoms with Crippen molar-refractivity contribution in [3.8, 4) is 0 Å². The maximum atomic E-state index is 12.2. The average molecular weight is 286 g/mol. The summed E-state index contributed by atoms with van der Waals surface area (Å²) in [5.41, 5.74) is 2.89. The molecule has 5 rings (SSSR count). The molecule has 1 aromatic carbocycles. The van der Waals surface area contributed by atoms with Gasteiger partial charge in [-0.1, -0.05) is 24.3 Å². The van der Waals surface area contributed by atoms with Crippen LogP contribution in [0.5, 0.6) is 0 Å². The third kappa shape index (κ3) is 1.49. The van der Waals surface area contributed by atoms with Crippen molar-refractivity contribution >= 4 is 11.9 Å². The Bertz CT molecular complexity index is 633. The van der Waals surface area contributed by atoms with Gasteiger partial charge in [-0.2, -0.15) is 0 Å². The van der Waals surface area contributed by atoms with Crippen molar-refractivity contribution in [1.29, 1.82) is 0 Å². The van der Waals surface area contributed by atoms with Gasteiger partial charge in [-0.15, -0.1) is 0 Å². The van der Waals surface area contributed by atoms with Crippen LogP contribution in [0.2, 0.25) is 0 Å². The molecule has 1 aliphatic heterocycles. The zero-order chi connectivity index (χ0) is 14.7. The highest BCUT2D eigenvalue weighted by molar-refractivity contribution is 6.04. The molecule has 1 aromatic rings. The van der Waals surface area contributed by atoms with Crippen LogP contribution in [0.3, 0.4) is 0 Å². The first-order valence-electron chi connectivity index (χ1n) is 6.84. The van der Waals surface area contributed by atoms with Gasteiger partial charge in [-0.25, -0.2) is 9.59 Å². The molecule has 108 valence electrons. The predicted molar refractivity (Wildman–Crippen MR) is 71.6 cm³/mol. The first kappa shape index (κ1) is 12.6. The maximum Gasteiger partial charge on any atom is 0.335 e. The number of carbonyl (C=O) groups is 2. The van der Waals surface area contributed by atoms with Crippen molar-refractivity contribution in [3.05, 3.63) is 46.5 Å². The van der Waals surface area contributed by atoms with Gasteiger partial charge in [-0.3, -0.25) is 0 Å². The van der Waals surface area contributed by atoms with Crippen molar-refractivity contribution in [2.45, 2.75) is 24.0 Å². The van der Waals surface area contributed by atoms with Crippen molar-refractivity contribution in [1.82, 2.24) is 0 Å². The van der Waals surface area contributed by atoms with Crippen LogP contribution in [-0.4, -0.2) is 38.4 Å². The van der Waals surface area contributed by atoms with Gasteiger partial charge in [0.1, 0.15) is 0 Å². The Hall–Kier alpha value is -2.14. The van der Waals surface area contributed by atoms with Gasteiger partial charge in [0.2, 0.25) is 0 Å². The van der Waals surface area contributed by atoms with E-state index in [1.165, 1.54) is 14.2 Å². The summed E-state index contributed by atoms with van der Waals surface area (Å²) in [7, 11) is 2.65. The average Bonchev–Trinajstić information content (AvgIpc) is 3.33. The van der Waals surface area contributed by atoms with E-state index in [4.69, 9.17) is 14.2 Å². The number of esters is 2. The Kier molecular flexibility index (Phi) is 2.50. The molecule has 5 nitrogen and oxygen atoms in total. The van der Waals surface area contributed by atoms with Gasteiger partial charge in [0.05, 0.1) is 37.6 Å². The van der Waals surface area contributed by atoms with Gasteiger partial charge in [0.15, 0.2) is 0 Å². The van der Waals surface area contributed by atoms with Gasteiger partial charge in [0.25, 0.3) is 0 Å². The van der Waals surface area contributed by atoms with E-state index in [-0.39, 0.29) is 24.0 Å². The molecule has 5 heteroatoms. The summed E-state index contributed by atoms with van der Waals surface area (Å²) in [5.74, 6) is -1.43. The topological polar surface area (TPSA) is 65.1 Å². The van der Waals surface area contributed by atoms with Gasteiger partial charge in [0, 0.05) is 11.8 Å². The van der Waals surface area contributed by atoms with Crippen LogP contribution < -0.4 is 0 Å². The standard InChI is InChI=1S/C16H14O5/c1-19-15(17)11-9-7-5-3-4-6-8(7)10(14-13(9)21-14)12(11)16(18)20-2/h3-6,9-10,13-14H,1-2H3/t9-,10+,13+,14-. The molecule has 1 saturated heterocycles. The van der Waals surface area contributed by atoms with Crippen LogP contribution in [0, 0.1) is 0 Å². The van der Waals surface area contributed by atoms with Crippen molar-refractivity contribution in [3.63, 3.8) is 0 Å². The Labute approximate surface area is 121 Å². The maximum absolute atomic E-state index is 12.2. The molecular weight excluding hydrogens is 272 g/mol. The summed E-state index contributed by atoms with van der Waals surface area (Å²) in [5, 5.41) is 0. The SMILES string of the molecule is COC(=O)C1=C(C(=O)OC)[C@H]2c3ccccc3[C@@H]1[C@H]1O[C@H]12. The second-order valence-electron chi connectivity index (χ2n) is 5.46. The smallest absolute Gasteiger partial charge is 0.335 e. The molecule has 0 radical (unpaired) electrons. The van der Waals surface area contributed by atoms with Crippen LogP contribution in [0.25, 0.3) is 0 Å². The lowest BCUT2D eigenvalue weighted by Crippen LogP contribution is -2.38. The molecule has 3 aliphatic carbocycles. The highest BCUT2D eigenvalue weighted by Crippen LogP contribution is 2.61. The number of ether oxygens (including phenoxy) is 3. The second kappa shape index (κ2) is 4.18. The molecule has 4 aliphatic rings. The number of hydrogen-bond acceptors (Lipinski definition) is 5. The molecule has 0 N–H and O–H groups in total. The lowest BCUT2D eigenvalue weighted by atomic mass is 9.63. The minimum absolute atomic E-state index is 0.0348. The summed E-state index contributed by atoms with van der Waals surface area (Å²) in [6, 6.07) is 7.84. The van der Waals surface area contributed by atoms with E-state index in [1.54, 1.807) is 0 Å². The van der Waals surface area contributed by atoms with E-state index < -0.39 is 11.9 Å². The van der Waals surface area contributed by atoms with Crippen LogP contribution in [-0.2, 0) is 23.8 Å². The molecule has 0 aromatic heterocycles. The van der Waals surface area contributed by atoms with E-state index in [0.717, 1.165) is 11.1 Å². The number of carbonyl (C=O) groups excluding carboxylic acids is 2. The molecule has 2 bridgehead atoms. The van der Waals surface area contributed by atoms with Crippen LogP contribution >= 0.6 is 0 Å². The highest BCUT2D eigenvalue weighted by Gasteiger charge is 2.64. The molecule has 0 amide bonds. The van der Waals surface area contributed by atoms with E-state index in [2.05, 4.69) is 0 Å². The minimum atomic E-state index is -0.478. The lowest BCUT2D eigenvalue weighted by Gasteiger charge is -2.36. The van der Waals surface area contributed by atoms with E-state index in [0.29, 0.717) is 11.1 Å². The second-order valence-corrected chi connectivity index (χ2v) is 5.46. The largest absolute Gasteiger partial charge is 0.466 e. The van der Waals surface area contributed by atoms with Gasteiger partial charge >= 0.3 is 11.9 Å². The molecule has 0 spiro atoms. The minimum Gasteiger partial charge on any atom is -0.466 e. The van der Waals surface area contributed by atoms with Crippen LogP contribution in [0.15, 0.2) is 35.4 Å². The van der Waals surface area contributed by atoms with Crippen LogP contribution in [0.1, 0.15) is 23.0 Å². The normalized spacial score (nSPS) is 31.3. The third-order valence-electron chi connectivity index (χ3n) is 4.61. The zero-order valence-electron chi connectivity index (χ0n) is 11.7. The Morgan fingerprint density at radius 3 is 1.71 bits per heavy atom. The molecule has 4 atom stereocenters. The Morgan fingerprint density at radius 1 is 0.905 bits per heavy atom. The van der Waals surface area contributed by atoms with Crippen molar-refractivity contribution in [2.24, 2.45) is 0 Å². The fraction of sp³-hybridized carbons (Fsp3) is 0.375. The summed E-state index contributed by atoms with van der Waals surface area (Å²) < 4.78 is 15.5. The summed E-state index contributed by atoms with van der Waals surface area (Å²) in [6.45, 7) is 0. The molecule has 1 fully saturated rings. The quantitative estimate of drug-likeness (QED) is 0.605. The molecule has 0 unspecified atom stereocenters. The molecular formula is C16H14O5. The van der Waals surface area contributed by atoms with E-state index >= 15 is 0 Å². The monoisotopic (exact) mass is 286 g/mol. The van der Waals surface area contributed by atoms with E-state index in [9.17, 15) is 9.59 Å². The van der Waals surface area contributed by atoms with E-state index in [1.807, 2.05) is 24.3 Å². The van der Waals surface area contributed by atoms with Crippen molar-refractivity contribution in [2.75, 3.05) is 14.2 Å². The Morgan fingerprint density at radius 2 is 1.33 bits per heavy atom. The summed E-state index contributed by atoms with van der Waals surface area (Å²) in [4.78, 5) is 24.4. The highest BCUT2D eigenvalue weighted by atomic mass is 16.6. The van der Waals surface area contributed by atoms with Gasteiger partial charge < -0.3 is 14.2 Å². The van der Waals surface area contributed by atoms with Crippen LogP contribution in [0.4, 0.5) is 0 Å². The first-order valence-corrected chi connectivity index (χ1v) is 6.84. The summed E-state index contributed by atoms with van der Waals surface area (Å²) in [6.07, 6.45) is -0.0696. The molecule has 0 saturated carbocycles. The molecule has 1 heterocycles. The number of hydrogen-bond donors (Lipinski definition) is 0. The molecule has 21 heavy (non-hydrogen) atoms. The van der Waals surface area contributed by atoms with Crippen molar-refractivity contribution < 1.29 is 23.8 Å².